The molecule has 22 heavy (non-hydrogen) atoms. The molecule has 1 aromatic carbocycles. The Kier molecular flexibility index (Phi) is 2.65. The Morgan fingerprint density at radius 3 is 2.73 bits per heavy atom. The fraction of sp³-hybridized carbons (Fsp3) is 0.500. The van der Waals surface area contributed by atoms with Gasteiger partial charge in [0.15, 0.2) is 0 Å². The number of esters is 1. The third-order valence-electron chi connectivity index (χ3n) is 5.74. The monoisotopic (exact) mass is 296 g/mol. The number of ether oxygens (including phenoxy) is 1. The Morgan fingerprint density at radius 2 is 1.95 bits per heavy atom. The zero-order valence-electron chi connectivity index (χ0n) is 12.5. The van der Waals surface area contributed by atoms with Gasteiger partial charge in [0, 0.05) is 43.2 Å². The highest BCUT2D eigenvalue weighted by molar-refractivity contribution is 5.94. The van der Waals surface area contributed by atoms with E-state index in [4.69, 9.17) is 4.74 Å². The second-order valence-electron chi connectivity index (χ2n) is 7.23. The molecule has 3 aliphatic heterocycles. The normalized spacial score (nSPS) is 35.9. The maximum Gasteiger partial charge on any atom is 0.338 e. The second-order valence-corrected chi connectivity index (χ2v) is 7.23. The minimum Gasteiger partial charge on any atom is -0.458 e. The van der Waals surface area contributed by atoms with Crippen LogP contribution in [-0.2, 0) is 4.74 Å². The van der Waals surface area contributed by atoms with Crippen LogP contribution in [0, 0.1) is 17.8 Å². The number of hydrogen-bond donors (Lipinski definition) is 1. The molecule has 1 saturated carbocycles. The van der Waals surface area contributed by atoms with Crippen molar-refractivity contribution in [2.24, 2.45) is 17.8 Å². The summed E-state index contributed by atoms with van der Waals surface area (Å²) in [6, 6.07) is 7.76. The zero-order chi connectivity index (χ0) is 14.7. The second kappa shape index (κ2) is 4.59. The van der Waals surface area contributed by atoms with Gasteiger partial charge in [-0.1, -0.05) is 6.07 Å². The molecule has 0 spiro atoms. The molecule has 1 aliphatic carbocycles. The Balaban J connectivity index is 1.38. The number of carbonyl (C=O) groups is 1. The number of benzene rings is 1. The van der Waals surface area contributed by atoms with Crippen molar-refractivity contribution in [3.8, 4) is 0 Å². The zero-order valence-corrected chi connectivity index (χ0v) is 12.5. The standard InChI is InChI=1S/C18H20N2O2/c21-18(13-2-1-12-3-4-19-16(12)7-13)22-17-14-5-11-6-15(17)10-20(8-11)9-14/h1-4,7,11,14-15,17,19H,5-6,8-10H2. The summed E-state index contributed by atoms with van der Waals surface area (Å²) in [4.78, 5) is 18.3. The van der Waals surface area contributed by atoms with Crippen molar-refractivity contribution in [1.82, 2.24) is 9.88 Å². The molecule has 4 nitrogen and oxygen atoms in total. The first kappa shape index (κ1) is 12.7. The van der Waals surface area contributed by atoms with Crippen molar-refractivity contribution in [3.05, 3.63) is 36.0 Å². The predicted molar refractivity (Wildman–Crippen MR) is 83.6 cm³/mol. The van der Waals surface area contributed by atoms with Crippen molar-refractivity contribution in [2.45, 2.75) is 18.9 Å². The van der Waals surface area contributed by atoms with E-state index in [-0.39, 0.29) is 12.1 Å². The topological polar surface area (TPSA) is 45.3 Å². The Labute approximate surface area is 129 Å². The molecule has 4 aliphatic rings. The summed E-state index contributed by atoms with van der Waals surface area (Å²) in [5.41, 5.74) is 1.65. The molecule has 1 N–H and O–H groups in total. The maximum absolute atomic E-state index is 12.6. The van der Waals surface area contributed by atoms with E-state index in [0.717, 1.165) is 29.9 Å². The molecule has 4 heteroatoms. The highest BCUT2D eigenvalue weighted by Gasteiger charge is 2.49. The van der Waals surface area contributed by atoms with E-state index in [2.05, 4.69) is 9.88 Å². The molecule has 4 heterocycles. The molecule has 3 saturated heterocycles. The summed E-state index contributed by atoms with van der Waals surface area (Å²) < 4.78 is 5.96. The average molecular weight is 296 g/mol. The quantitative estimate of drug-likeness (QED) is 0.867. The van der Waals surface area contributed by atoms with Crippen LogP contribution in [0.5, 0.6) is 0 Å². The Hall–Kier alpha value is -1.81. The van der Waals surface area contributed by atoms with Crippen LogP contribution in [0.2, 0.25) is 0 Å². The van der Waals surface area contributed by atoms with Crippen LogP contribution in [-0.4, -0.2) is 41.6 Å². The summed E-state index contributed by atoms with van der Waals surface area (Å²) in [5, 5.41) is 1.12. The molecule has 114 valence electrons. The van der Waals surface area contributed by atoms with Crippen LogP contribution < -0.4 is 0 Å². The van der Waals surface area contributed by atoms with Gasteiger partial charge in [0.1, 0.15) is 6.10 Å². The molecular formula is C18H20N2O2. The van der Waals surface area contributed by atoms with Crippen LogP contribution in [0.3, 0.4) is 0 Å². The third-order valence-corrected chi connectivity index (χ3v) is 5.74. The highest BCUT2D eigenvalue weighted by Crippen LogP contribution is 2.44. The van der Waals surface area contributed by atoms with E-state index in [9.17, 15) is 4.79 Å². The van der Waals surface area contributed by atoms with Crippen LogP contribution in [0.4, 0.5) is 0 Å². The van der Waals surface area contributed by atoms with E-state index in [1.54, 1.807) is 0 Å². The molecule has 0 radical (unpaired) electrons. The van der Waals surface area contributed by atoms with Gasteiger partial charge >= 0.3 is 5.97 Å². The Morgan fingerprint density at radius 1 is 1.14 bits per heavy atom. The number of H-pyrrole nitrogens is 1. The summed E-state index contributed by atoms with van der Waals surface area (Å²) in [6.07, 6.45) is 4.49. The molecule has 6 rings (SSSR count). The minimum atomic E-state index is -0.163. The first-order chi connectivity index (χ1) is 10.8. The minimum absolute atomic E-state index is 0.125. The number of carbonyl (C=O) groups excluding carboxylic acids is 1. The van der Waals surface area contributed by atoms with Crippen molar-refractivity contribution in [2.75, 3.05) is 19.6 Å². The maximum atomic E-state index is 12.6. The van der Waals surface area contributed by atoms with Gasteiger partial charge in [-0.3, -0.25) is 0 Å². The highest BCUT2D eigenvalue weighted by atomic mass is 16.5. The number of hydrogen-bond acceptors (Lipinski definition) is 3. The third kappa shape index (κ3) is 1.90. The molecule has 1 aromatic heterocycles. The van der Waals surface area contributed by atoms with Gasteiger partial charge in [0.25, 0.3) is 0 Å². The summed E-state index contributed by atoms with van der Waals surface area (Å²) >= 11 is 0. The van der Waals surface area contributed by atoms with E-state index < -0.39 is 0 Å². The fourth-order valence-corrected chi connectivity index (χ4v) is 4.92. The summed E-state index contributed by atoms with van der Waals surface area (Å²) in [6.45, 7) is 3.48. The number of aromatic nitrogens is 1. The fourth-order valence-electron chi connectivity index (χ4n) is 4.92. The van der Waals surface area contributed by atoms with Gasteiger partial charge in [-0.2, -0.15) is 0 Å². The lowest BCUT2D eigenvalue weighted by Crippen LogP contribution is -2.60. The number of aromatic amines is 1. The largest absolute Gasteiger partial charge is 0.458 e. The van der Waals surface area contributed by atoms with Crippen molar-refractivity contribution < 1.29 is 9.53 Å². The van der Waals surface area contributed by atoms with Gasteiger partial charge in [-0.25, -0.2) is 4.79 Å². The number of nitrogens with zero attached hydrogens (tertiary/aromatic N) is 1. The number of rotatable bonds is 2. The predicted octanol–water partition coefficient (Wildman–Crippen LogP) is 2.66. The lowest BCUT2D eigenvalue weighted by Gasteiger charge is -2.55. The number of piperidine rings is 3. The van der Waals surface area contributed by atoms with Gasteiger partial charge in [-0.15, -0.1) is 0 Å². The van der Waals surface area contributed by atoms with E-state index >= 15 is 0 Å². The van der Waals surface area contributed by atoms with Crippen molar-refractivity contribution >= 4 is 16.9 Å². The lowest BCUT2D eigenvalue weighted by atomic mass is 9.66. The van der Waals surface area contributed by atoms with E-state index in [1.165, 1.54) is 19.4 Å². The first-order valence-electron chi connectivity index (χ1n) is 8.27. The van der Waals surface area contributed by atoms with Crippen LogP contribution in [0.1, 0.15) is 23.2 Å². The molecule has 0 amide bonds. The molecule has 4 bridgehead atoms. The SMILES string of the molecule is O=C(OC1C2CC3CC1CN(C3)C2)c1ccc2cc[nH]c2c1. The lowest BCUT2D eigenvalue weighted by molar-refractivity contribution is -0.116. The van der Waals surface area contributed by atoms with Crippen LogP contribution in [0.25, 0.3) is 10.9 Å². The molecule has 2 aromatic rings. The Bertz CT molecular complexity index is 708. The molecule has 2 atom stereocenters. The van der Waals surface area contributed by atoms with Gasteiger partial charge in [-0.05, 0) is 42.3 Å². The van der Waals surface area contributed by atoms with Gasteiger partial charge in [0.2, 0.25) is 0 Å². The van der Waals surface area contributed by atoms with Crippen molar-refractivity contribution in [3.63, 3.8) is 0 Å². The summed E-state index contributed by atoms with van der Waals surface area (Å²) in [5.74, 6) is 1.76. The smallest absolute Gasteiger partial charge is 0.338 e. The molecular weight excluding hydrogens is 276 g/mol. The van der Waals surface area contributed by atoms with Gasteiger partial charge < -0.3 is 14.6 Å². The van der Waals surface area contributed by atoms with E-state index in [1.807, 2.05) is 30.5 Å². The van der Waals surface area contributed by atoms with Crippen LogP contribution >= 0.6 is 0 Å². The average Bonchev–Trinajstić information content (AvgIpc) is 2.97. The van der Waals surface area contributed by atoms with Gasteiger partial charge in [0.05, 0.1) is 5.56 Å². The first-order valence-corrected chi connectivity index (χ1v) is 8.27. The van der Waals surface area contributed by atoms with Crippen molar-refractivity contribution in [1.29, 1.82) is 0 Å². The number of fused-ring (bicyclic) bond motifs is 1. The van der Waals surface area contributed by atoms with E-state index in [0.29, 0.717) is 17.4 Å². The van der Waals surface area contributed by atoms with Crippen LogP contribution in [0.15, 0.2) is 30.5 Å². The summed E-state index contributed by atoms with van der Waals surface area (Å²) in [7, 11) is 0. The molecule has 4 fully saturated rings. The molecule has 2 unspecified atom stereocenters. The number of nitrogens with one attached hydrogen (secondary N) is 1.